The fraction of sp³-hybridized carbons (Fsp3) is 0. The maximum atomic E-state index is 13.3. The van der Waals surface area contributed by atoms with Crippen molar-refractivity contribution in [1.82, 2.24) is 9.97 Å². The van der Waals surface area contributed by atoms with Gasteiger partial charge in [-0.15, -0.1) is 0 Å². The first-order valence-corrected chi connectivity index (χ1v) is 10.1. The summed E-state index contributed by atoms with van der Waals surface area (Å²) in [5.74, 6) is 0.476. The molecule has 3 aromatic carbocycles. The molecule has 0 saturated heterocycles. The van der Waals surface area contributed by atoms with Gasteiger partial charge in [0.15, 0.2) is 0 Å². The average molecular weight is 566 g/mol. The number of nitrogens with zero attached hydrogens (tertiary/aromatic N) is 1. The van der Waals surface area contributed by atoms with E-state index < -0.39 is 0 Å². The lowest BCUT2D eigenvalue weighted by atomic mass is 10.1. The summed E-state index contributed by atoms with van der Waals surface area (Å²) >= 11 is 4.61. The van der Waals surface area contributed by atoms with Crippen LogP contribution in [0.5, 0.6) is 0 Å². The Morgan fingerprint density at radius 1 is 0.731 bits per heavy atom. The van der Waals surface area contributed by atoms with Crippen molar-refractivity contribution >= 4 is 45.2 Å². The molecule has 0 radical (unpaired) electrons. The number of hydrogen-bond donors (Lipinski definition) is 1. The van der Waals surface area contributed by atoms with Crippen LogP contribution in [0.25, 0.3) is 33.9 Å². The third kappa shape index (κ3) is 3.68. The van der Waals surface area contributed by atoms with Gasteiger partial charge in [0.05, 0.1) is 11.4 Å². The topological polar surface area (TPSA) is 28.7 Å². The highest BCUT2D eigenvalue weighted by molar-refractivity contribution is 14.1. The van der Waals surface area contributed by atoms with Crippen LogP contribution >= 0.6 is 45.2 Å². The van der Waals surface area contributed by atoms with Gasteiger partial charge in [-0.1, -0.05) is 24.3 Å². The van der Waals surface area contributed by atoms with Crippen LogP contribution in [0, 0.1) is 13.0 Å². The predicted molar refractivity (Wildman–Crippen MR) is 120 cm³/mol. The summed E-state index contributed by atoms with van der Waals surface area (Å²) in [7, 11) is 0. The molecule has 0 aliphatic rings. The Hall–Kier alpha value is -1.74. The van der Waals surface area contributed by atoms with Gasteiger partial charge in [0.2, 0.25) is 0 Å². The Morgan fingerprint density at radius 2 is 1.35 bits per heavy atom. The molecule has 2 nitrogen and oxygen atoms in total. The Bertz CT molecular complexity index is 1010. The van der Waals surface area contributed by atoms with Gasteiger partial charge >= 0.3 is 0 Å². The molecule has 1 heterocycles. The van der Waals surface area contributed by atoms with Crippen LogP contribution in [-0.2, 0) is 0 Å². The van der Waals surface area contributed by atoms with E-state index in [1.54, 1.807) is 12.1 Å². The molecular weight excluding hydrogens is 553 g/mol. The van der Waals surface area contributed by atoms with Crippen LogP contribution in [0.4, 0.5) is 4.39 Å². The molecule has 5 heteroatoms. The van der Waals surface area contributed by atoms with Crippen LogP contribution in [0.15, 0.2) is 72.8 Å². The number of hydrogen-bond acceptors (Lipinski definition) is 1. The van der Waals surface area contributed by atoms with Gasteiger partial charge in [0.1, 0.15) is 11.6 Å². The van der Waals surface area contributed by atoms with Crippen molar-refractivity contribution in [3.8, 4) is 33.9 Å². The minimum absolute atomic E-state index is 0.254. The number of rotatable bonds is 3. The van der Waals surface area contributed by atoms with Crippen LogP contribution in [-0.4, -0.2) is 9.97 Å². The van der Waals surface area contributed by atoms with Crippen LogP contribution in [0.1, 0.15) is 0 Å². The fourth-order valence-corrected chi connectivity index (χ4v) is 3.90. The Labute approximate surface area is 178 Å². The molecule has 26 heavy (non-hydrogen) atoms. The Morgan fingerprint density at radius 3 is 2.00 bits per heavy atom. The van der Waals surface area contributed by atoms with Crippen molar-refractivity contribution in [3.63, 3.8) is 0 Å². The SMILES string of the molecule is Fc1ccc(-c2nc(-c3cccc(I)c3)c(-c3cccc(I)c3)[nH]2)cc1. The smallest absolute Gasteiger partial charge is 0.138 e. The third-order valence-corrected chi connectivity index (χ3v) is 5.37. The van der Waals surface area contributed by atoms with Gasteiger partial charge in [-0.3, -0.25) is 0 Å². The van der Waals surface area contributed by atoms with E-state index in [2.05, 4.69) is 86.6 Å². The molecule has 4 rings (SSSR count). The van der Waals surface area contributed by atoms with E-state index in [9.17, 15) is 4.39 Å². The van der Waals surface area contributed by atoms with E-state index in [1.807, 2.05) is 12.1 Å². The summed E-state index contributed by atoms with van der Waals surface area (Å²) in [5, 5.41) is 0. The lowest BCUT2D eigenvalue weighted by Crippen LogP contribution is -1.85. The number of halogens is 3. The third-order valence-electron chi connectivity index (χ3n) is 4.03. The summed E-state index contributed by atoms with van der Waals surface area (Å²) in [4.78, 5) is 8.28. The fourth-order valence-electron chi connectivity index (χ4n) is 2.82. The first-order valence-electron chi connectivity index (χ1n) is 7.98. The van der Waals surface area contributed by atoms with Gasteiger partial charge in [-0.2, -0.15) is 0 Å². The first-order chi connectivity index (χ1) is 12.6. The zero-order chi connectivity index (χ0) is 18.1. The predicted octanol–water partition coefficient (Wildman–Crippen LogP) is 6.76. The maximum Gasteiger partial charge on any atom is 0.138 e. The molecule has 1 N–H and O–H groups in total. The van der Waals surface area contributed by atoms with Crippen molar-refractivity contribution in [2.75, 3.05) is 0 Å². The zero-order valence-electron chi connectivity index (χ0n) is 13.5. The lowest BCUT2D eigenvalue weighted by molar-refractivity contribution is 0.628. The number of aromatic amines is 1. The van der Waals surface area contributed by atoms with Crippen LogP contribution < -0.4 is 0 Å². The molecule has 1 aromatic heterocycles. The van der Waals surface area contributed by atoms with Gasteiger partial charge in [0.25, 0.3) is 0 Å². The first kappa shape index (κ1) is 17.7. The zero-order valence-corrected chi connectivity index (χ0v) is 17.8. The van der Waals surface area contributed by atoms with Crippen molar-refractivity contribution in [3.05, 3.63) is 85.8 Å². The molecule has 0 amide bonds. The lowest BCUT2D eigenvalue weighted by Gasteiger charge is -2.04. The van der Waals surface area contributed by atoms with Crippen molar-refractivity contribution in [2.24, 2.45) is 0 Å². The van der Waals surface area contributed by atoms with E-state index >= 15 is 0 Å². The van der Waals surface area contributed by atoms with E-state index in [-0.39, 0.29) is 5.82 Å². The van der Waals surface area contributed by atoms with Crippen molar-refractivity contribution < 1.29 is 4.39 Å². The van der Waals surface area contributed by atoms with E-state index in [1.165, 1.54) is 12.1 Å². The summed E-state index contributed by atoms with van der Waals surface area (Å²) < 4.78 is 15.6. The average Bonchev–Trinajstić information content (AvgIpc) is 3.08. The maximum absolute atomic E-state index is 13.3. The number of aromatic nitrogens is 2. The molecule has 0 atom stereocenters. The second kappa shape index (κ2) is 7.48. The molecular formula is C21H13FI2N2. The largest absolute Gasteiger partial charge is 0.337 e. The quantitative estimate of drug-likeness (QED) is 0.273. The Balaban J connectivity index is 1.92. The van der Waals surface area contributed by atoms with E-state index in [0.717, 1.165) is 41.0 Å². The number of H-pyrrole nitrogens is 1. The molecule has 0 aliphatic carbocycles. The second-order valence-electron chi connectivity index (χ2n) is 5.84. The highest BCUT2D eigenvalue weighted by atomic mass is 127. The minimum Gasteiger partial charge on any atom is -0.337 e. The summed E-state index contributed by atoms with van der Waals surface area (Å²) in [5.41, 5.74) is 4.84. The summed E-state index contributed by atoms with van der Waals surface area (Å²) in [6.45, 7) is 0. The molecule has 0 aliphatic heterocycles. The summed E-state index contributed by atoms with van der Waals surface area (Å²) in [6.07, 6.45) is 0. The minimum atomic E-state index is -0.254. The Kier molecular flexibility index (Phi) is 5.08. The second-order valence-corrected chi connectivity index (χ2v) is 8.33. The number of nitrogens with one attached hydrogen (secondary N) is 1. The highest BCUT2D eigenvalue weighted by Crippen LogP contribution is 2.34. The van der Waals surface area contributed by atoms with E-state index in [4.69, 9.17) is 4.98 Å². The van der Waals surface area contributed by atoms with Gasteiger partial charge in [0, 0.05) is 23.8 Å². The molecule has 0 saturated carbocycles. The molecule has 128 valence electrons. The molecule has 4 aromatic rings. The summed E-state index contributed by atoms with van der Waals surface area (Å²) in [6, 6.07) is 22.9. The standard InChI is InChI=1S/C21H13FI2N2/c22-16-9-7-13(8-10-16)21-25-19(14-3-1-5-17(23)11-14)20(26-21)15-4-2-6-18(24)12-15/h1-12H,(H,25,26). The van der Waals surface area contributed by atoms with Gasteiger partial charge in [-0.25, -0.2) is 9.37 Å². The normalized spacial score (nSPS) is 10.9. The van der Waals surface area contributed by atoms with Gasteiger partial charge in [-0.05, 0) is 93.7 Å². The van der Waals surface area contributed by atoms with Crippen molar-refractivity contribution in [2.45, 2.75) is 0 Å². The monoisotopic (exact) mass is 566 g/mol. The molecule has 0 spiro atoms. The van der Waals surface area contributed by atoms with Crippen molar-refractivity contribution in [1.29, 1.82) is 0 Å². The van der Waals surface area contributed by atoms with Crippen LogP contribution in [0.2, 0.25) is 0 Å². The molecule has 0 bridgehead atoms. The molecule has 0 fully saturated rings. The number of benzene rings is 3. The van der Waals surface area contributed by atoms with E-state index in [0.29, 0.717) is 0 Å². The van der Waals surface area contributed by atoms with Crippen LogP contribution in [0.3, 0.4) is 0 Å². The number of imidazole rings is 1. The molecule has 0 unspecified atom stereocenters. The highest BCUT2D eigenvalue weighted by Gasteiger charge is 2.16. The van der Waals surface area contributed by atoms with Gasteiger partial charge < -0.3 is 4.98 Å².